The summed E-state index contributed by atoms with van der Waals surface area (Å²) in [4.78, 5) is 5.68. The molecule has 0 bridgehead atoms. The minimum absolute atomic E-state index is 0.294. The largest absolute Gasteiger partial charge is 0.497 e. The highest BCUT2D eigenvalue weighted by Gasteiger charge is 2.14. The Hall–Kier alpha value is -1.59. The summed E-state index contributed by atoms with van der Waals surface area (Å²) in [6.45, 7) is 2.11. The van der Waals surface area contributed by atoms with Crippen LogP contribution in [0.5, 0.6) is 11.5 Å². The van der Waals surface area contributed by atoms with Crippen LogP contribution in [-0.2, 0) is 0 Å². The average molecular weight is 278 g/mol. The maximum atomic E-state index is 5.39. The highest BCUT2D eigenvalue weighted by atomic mass is 32.1. The highest BCUT2D eigenvalue weighted by Crippen LogP contribution is 2.36. The van der Waals surface area contributed by atoms with Crippen LogP contribution in [0.4, 0.5) is 0 Å². The summed E-state index contributed by atoms with van der Waals surface area (Å²) < 4.78 is 10.7. The number of benzene rings is 1. The predicted molar refractivity (Wildman–Crippen MR) is 78.1 cm³/mol. The molecule has 19 heavy (non-hydrogen) atoms. The lowest BCUT2D eigenvalue weighted by atomic mass is 10.2. The molecule has 0 aliphatic rings. The molecule has 0 radical (unpaired) electrons. The first-order valence-electron chi connectivity index (χ1n) is 6.05. The van der Waals surface area contributed by atoms with Gasteiger partial charge in [-0.15, -0.1) is 11.3 Å². The van der Waals surface area contributed by atoms with E-state index < -0.39 is 0 Å². The van der Waals surface area contributed by atoms with Crippen LogP contribution in [0.25, 0.3) is 10.6 Å². The lowest BCUT2D eigenvalue weighted by molar-refractivity contribution is 0.404. The number of nitrogens with zero attached hydrogens (tertiary/aromatic N) is 1. The quantitative estimate of drug-likeness (QED) is 0.912. The van der Waals surface area contributed by atoms with Gasteiger partial charge in [0.2, 0.25) is 0 Å². The summed E-state index contributed by atoms with van der Waals surface area (Å²) >= 11 is 1.66. The summed E-state index contributed by atoms with van der Waals surface area (Å²) in [6.07, 6.45) is 1.90. The maximum absolute atomic E-state index is 5.39. The fourth-order valence-electron chi connectivity index (χ4n) is 1.73. The molecule has 5 heteroatoms. The van der Waals surface area contributed by atoms with Gasteiger partial charge in [-0.25, -0.2) is 4.98 Å². The minimum atomic E-state index is 0.294. The predicted octanol–water partition coefficient (Wildman–Crippen LogP) is 3.11. The van der Waals surface area contributed by atoms with Crippen molar-refractivity contribution in [2.24, 2.45) is 0 Å². The van der Waals surface area contributed by atoms with Gasteiger partial charge in [0.05, 0.1) is 19.8 Å². The Morgan fingerprint density at radius 1 is 1.26 bits per heavy atom. The van der Waals surface area contributed by atoms with Crippen LogP contribution in [0.1, 0.15) is 17.8 Å². The highest BCUT2D eigenvalue weighted by molar-refractivity contribution is 7.15. The number of aromatic nitrogens is 1. The monoisotopic (exact) mass is 278 g/mol. The summed E-state index contributed by atoms with van der Waals surface area (Å²) in [7, 11) is 5.26. The minimum Gasteiger partial charge on any atom is -0.497 e. The molecule has 0 spiro atoms. The Kier molecular flexibility index (Phi) is 4.39. The van der Waals surface area contributed by atoms with Crippen LogP contribution in [0.15, 0.2) is 24.4 Å². The molecule has 2 aromatic rings. The Labute approximate surface area is 117 Å². The summed E-state index contributed by atoms with van der Waals surface area (Å²) in [5.41, 5.74) is 0.960. The zero-order valence-electron chi connectivity index (χ0n) is 11.6. The smallest absolute Gasteiger partial charge is 0.129 e. The van der Waals surface area contributed by atoms with E-state index in [0.29, 0.717) is 6.04 Å². The van der Waals surface area contributed by atoms with Gasteiger partial charge in [0.15, 0.2) is 0 Å². The molecule has 102 valence electrons. The van der Waals surface area contributed by atoms with E-state index >= 15 is 0 Å². The summed E-state index contributed by atoms with van der Waals surface area (Å²) in [5, 5.41) is 4.15. The molecule has 0 aliphatic heterocycles. The summed E-state index contributed by atoms with van der Waals surface area (Å²) in [5.74, 6) is 1.60. The number of hydrogen-bond acceptors (Lipinski definition) is 5. The maximum Gasteiger partial charge on any atom is 0.129 e. The van der Waals surface area contributed by atoms with Gasteiger partial charge in [0.1, 0.15) is 16.5 Å². The normalized spacial score (nSPS) is 12.2. The third kappa shape index (κ3) is 2.88. The van der Waals surface area contributed by atoms with E-state index in [2.05, 4.69) is 17.2 Å². The van der Waals surface area contributed by atoms with Crippen molar-refractivity contribution >= 4 is 11.3 Å². The van der Waals surface area contributed by atoms with Gasteiger partial charge in [-0.1, -0.05) is 0 Å². The zero-order chi connectivity index (χ0) is 13.8. The van der Waals surface area contributed by atoms with E-state index in [-0.39, 0.29) is 0 Å². The molecule has 1 aromatic heterocycles. The molecule has 1 aromatic carbocycles. The van der Waals surface area contributed by atoms with E-state index in [0.717, 1.165) is 22.1 Å². The lowest BCUT2D eigenvalue weighted by Crippen LogP contribution is -2.10. The van der Waals surface area contributed by atoms with Crippen LogP contribution in [-0.4, -0.2) is 26.3 Å². The Morgan fingerprint density at radius 2 is 2.05 bits per heavy atom. The van der Waals surface area contributed by atoms with Gasteiger partial charge in [0.25, 0.3) is 0 Å². The van der Waals surface area contributed by atoms with Crippen molar-refractivity contribution in [3.8, 4) is 22.1 Å². The van der Waals surface area contributed by atoms with E-state index in [1.165, 1.54) is 4.88 Å². The van der Waals surface area contributed by atoms with Crippen molar-refractivity contribution in [1.82, 2.24) is 10.3 Å². The second kappa shape index (κ2) is 6.04. The lowest BCUT2D eigenvalue weighted by Gasteiger charge is -2.08. The van der Waals surface area contributed by atoms with Gasteiger partial charge in [-0.2, -0.15) is 0 Å². The number of methoxy groups -OCH3 is 2. The first-order valence-corrected chi connectivity index (χ1v) is 6.86. The molecule has 1 atom stereocenters. The van der Waals surface area contributed by atoms with Crippen LogP contribution < -0.4 is 14.8 Å². The molecule has 0 amide bonds. The van der Waals surface area contributed by atoms with E-state index in [1.807, 2.05) is 31.4 Å². The molecule has 1 N–H and O–H groups in total. The van der Waals surface area contributed by atoms with Crippen LogP contribution >= 0.6 is 11.3 Å². The first kappa shape index (κ1) is 13.8. The van der Waals surface area contributed by atoms with Gasteiger partial charge >= 0.3 is 0 Å². The van der Waals surface area contributed by atoms with Gasteiger partial charge < -0.3 is 14.8 Å². The van der Waals surface area contributed by atoms with Gasteiger partial charge in [-0.3, -0.25) is 0 Å². The van der Waals surface area contributed by atoms with E-state index in [9.17, 15) is 0 Å². The molecular formula is C14H18N2O2S. The SMILES string of the molecule is CNC(C)c1cnc(-c2cc(OC)ccc2OC)s1. The van der Waals surface area contributed by atoms with Crippen molar-refractivity contribution in [3.05, 3.63) is 29.3 Å². The van der Waals surface area contributed by atoms with Crippen LogP contribution in [0.3, 0.4) is 0 Å². The third-order valence-corrected chi connectivity index (χ3v) is 4.23. The molecule has 0 fully saturated rings. The fraction of sp³-hybridized carbons (Fsp3) is 0.357. The number of ether oxygens (including phenoxy) is 2. The Bertz CT molecular complexity index is 554. The standard InChI is InChI=1S/C14H18N2O2S/c1-9(15-2)13-8-16-14(19-13)11-7-10(17-3)5-6-12(11)18-4/h5-9,15H,1-4H3. The second-order valence-electron chi connectivity index (χ2n) is 4.14. The van der Waals surface area contributed by atoms with Gasteiger partial charge in [-0.05, 0) is 32.2 Å². The van der Waals surface area contributed by atoms with Crippen molar-refractivity contribution in [1.29, 1.82) is 0 Å². The molecule has 1 unspecified atom stereocenters. The first-order chi connectivity index (χ1) is 9.19. The second-order valence-corrected chi connectivity index (χ2v) is 5.21. The van der Waals surface area contributed by atoms with E-state index in [4.69, 9.17) is 9.47 Å². The number of hydrogen-bond donors (Lipinski definition) is 1. The third-order valence-electron chi connectivity index (χ3n) is 3.02. The fourth-order valence-corrected chi connectivity index (χ4v) is 2.73. The Balaban J connectivity index is 2.42. The van der Waals surface area contributed by atoms with Crippen molar-refractivity contribution in [2.75, 3.05) is 21.3 Å². The summed E-state index contributed by atoms with van der Waals surface area (Å²) in [6, 6.07) is 6.03. The van der Waals surface area contributed by atoms with Crippen LogP contribution in [0.2, 0.25) is 0 Å². The zero-order valence-corrected chi connectivity index (χ0v) is 12.4. The molecule has 2 rings (SSSR count). The number of nitrogens with one attached hydrogen (secondary N) is 1. The molecule has 4 nitrogen and oxygen atoms in total. The molecule has 0 saturated heterocycles. The van der Waals surface area contributed by atoms with Crippen LogP contribution in [0, 0.1) is 0 Å². The molecular weight excluding hydrogens is 260 g/mol. The molecule has 0 saturated carbocycles. The number of thiazole rings is 1. The topological polar surface area (TPSA) is 43.4 Å². The van der Waals surface area contributed by atoms with E-state index in [1.54, 1.807) is 25.6 Å². The molecule has 1 heterocycles. The average Bonchev–Trinajstić information content (AvgIpc) is 2.95. The van der Waals surface area contributed by atoms with Gasteiger partial charge in [0, 0.05) is 17.1 Å². The number of rotatable bonds is 5. The molecule has 0 aliphatic carbocycles. The Morgan fingerprint density at radius 3 is 2.68 bits per heavy atom. The van der Waals surface area contributed by atoms with Crippen molar-refractivity contribution in [3.63, 3.8) is 0 Å². The van der Waals surface area contributed by atoms with Crippen molar-refractivity contribution in [2.45, 2.75) is 13.0 Å². The van der Waals surface area contributed by atoms with Crippen molar-refractivity contribution < 1.29 is 9.47 Å².